The Morgan fingerprint density at radius 3 is 2.59 bits per heavy atom. The minimum absolute atomic E-state index is 0.208. The van der Waals surface area contributed by atoms with Gasteiger partial charge in [0.05, 0.1) is 18.8 Å². The van der Waals surface area contributed by atoms with Crippen LogP contribution in [0.25, 0.3) is 22.6 Å². The summed E-state index contributed by atoms with van der Waals surface area (Å²) in [6.45, 7) is 9.02. The Balaban J connectivity index is 2.03. The van der Waals surface area contributed by atoms with Gasteiger partial charge in [0.1, 0.15) is 0 Å². The standard InChI is InChI=1S/C21H25N5O3/c1-6-29-10-9-24-19(27)17-18(23(5)21(24)28)22-20-25(17)12-15(4)26(20)16-8-7-13(2)11-14(16)3/h7-8,11-12H,6,9-10H2,1-5H3. The number of nitrogens with zero attached hydrogens (tertiary/aromatic N) is 5. The fourth-order valence-electron chi connectivity index (χ4n) is 3.86. The first-order valence-electron chi connectivity index (χ1n) is 9.70. The van der Waals surface area contributed by atoms with Crippen LogP contribution in [0.15, 0.2) is 34.0 Å². The first-order chi connectivity index (χ1) is 13.8. The van der Waals surface area contributed by atoms with Gasteiger partial charge in [-0.15, -0.1) is 0 Å². The molecule has 0 amide bonds. The summed E-state index contributed by atoms with van der Waals surface area (Å²) in [5.41, 5.74) is 4.27. The van der Waals surface area contributed by atoms with Gasteiger partial charge in [-0.25, -0.2) is 4.79 Å². The highest BCUT2D eigenvalue weighted by atomic mass is 16.5. The van der Waals surface area contributed by atoms with E-state index in [1.54, 1.807) is 11.4 Å². The number of hydrogen-bond acceptors (Lipinski definition) is 4. The van der Waals surface area contributed by atoms with Crippen LogP contribution in [0.5, 0.6) is 0 Å². The van der Waals surface area contributed by atoms with Crippen molar-refractivity contribution >= 4 is 16.9 Å². The van der Waals surface area contributed by atoms with E-state index in [-0.39, 0.29) is 12.1 Å². The van der Waals surface area contributed by atoms with Gasteiger partial charge in [0.15, 0.2) is 11.2 Å². The van der Waals surface area contributed by atoms with Gasteiger partial charge in [-0.1, -0.05) is 17.7 Å². The fourth-order valence-corrected chi connectivity index (χ4v) is 3.86. The largest absolute Gasteiger partial charge is 0.380 e. The molecule has 0 aliphatic rings. The minimum Gasteiger partial charge on any atom is -0.380 e. The Morgan fingerprint density at radius 2 is 1.90 bits per heavy atom. The van der Waals surface area contributed by atoms with Gasteiger partial charge in [0.25, 0.3) is 5.56 Å². The van der Waals surface area contributed by atoms with E-state index in [0.29, 0.717) is 30.2 Å². The molecule has 0 radical (unpaired) electrons. The molecule has 0 atom stereocenters. The van der Waals surface area contributed by atoms with Crippen LogP contribution in [-0.4, -0.2) is 36.3 Å². The molecule has 29 heavy (non-hydrogen) atoms. The third-order valence-electron chi connectivity index (χ3n) is 5.28. The molecule has 0 saturated heterocycles. The number of imidazole rings is 2. The van der Waals surface area contributed by atoms with Gasteiger partial charge in [0, 0.05) is 25.5 Å². The van der Waals surface area contributed by atoms with Crippen molar-refractivity contribution in [3.8, 4) is 5.69 Å². The van der Waals surface area contributed by atoms with Gasteiger partial charge >= 0.3 is 5.69 Å². The van der Waals surface area contributed by atoms with Crippen LogP contribution in [0.3, 0.4) is 0 Å². The smallest absolute Gasteiger partial charge is 0.332 e. The van der Waals surface area contributed by atoms with Crippen molar-refractivity contribution in [2.75, 3.05) is 13.2 Å². The Morgan fingerprint density at radius 1 is 1.14 bits per heavy atom. The summed E-state index contributed by atoms with van der Waals surface area (Å²) < 4.78 is 11.8. The van der Waals surface area contributed by atoms with E-state index >= 15 is 0 Å². The fraction of sp³-hybridized carbons (Fsp3) is 0.381. The molecule has 0 fully saturated rings. The molecule has 0 bridgehead atoms. The summed E-state index contributed by atoms with van der Waals surface area (Å²) in [5.74, 6) is 0.610. The molecule has 0 N–H and O–H groups in total. The first kappa shape index (κ1) is 19.2. The average Bonchev–Trinajstić information content (AvgIpc) is 3.18. The molecule has 0 unspecified atom stereocenters. The van der Waals surface area contributed by atoms with Crippen LogP contribution in [0.2, 0.25) is 0 Å². The average molecular weight is 395 g/mol. The Bertz CT molecular complexity index is 1350. The SMILES string of the molecule is CCOCCn1c(=O)c2c(nc3n(-c4ccc(C)cc4C)c(C)cn23)n(C)c1=O. The molecule has 4 aromatic rings. The molecule has 0 aliphatic heterocycles. The van der Waals surface area contributed by atoms with E-state index < -0.39 is 5.69 Å². The molecule has 8 heteroatoms. The maximum atomic E-state index is 13.2. The lowest BCUT2D eigenvalue weighted by Crippen LogP contribution is -2.40. The van der Waals surface area contributed by atoms with E-state index in [4.69, 9.17) is 4.74 Å². The van der Waals surface area contributed by atoms with Gasteiger partial charge in [-0.2, -0.15) is 4.98 Å². The lowest BCUT2D eigenvalue weighted by atomic mass is 10.1. The number of aromatic nitrogens is 5. The maximum absolute atomic E-state index is 13.2. The molecule has 3 aromatic heterocycles. The highest BCUT2D eigenvalue weighted by Crippen LogP contribution is 2.23. The van der Waals surface area contributed by atoms with Gasteiger partial charge < -0.3 is 4.74 Å². The maximum Gasteiger partial charge on any atom is 0.332 e. The number of rotatable bonds is 5. The van der Waals surface area contributed by atoms with E-state index in [0.717, 1.165) is 16.9 Å². The predicted molar refractivity (Wildman–Crippen MR) is 112 cm³/mol. The Hall–Kier alpha value is -3.13. The molecule has 3 heterocycles. The van der Waals surface area contributed by atoms with E-state index in [9.17, 15) is 9.59 Å². The summed E-state index contributed by atoms with van der Waals surface area (Å²) >= 11 is 0. The molecule has 0 aliphatic carbocycles. The number of fused-ring (bicyclic) bond motifs is 3. The predicted octanol–water partition coefficient (Wildman–Crippen LogP) is 2.10. The van der Waals surface area contributed by atoms with Crippen molar-refractivity contribution in [3.63, 3.8) is 0 Å². The lowest BCUT2D eigenvalue weighted by molar-refractivity contribution is 0.137. The summed E-state index contributed by atoms with van der Waals surface area (Å²) in [6.07, 6.45) is 1.89. The van der Waals surface area contributed by atoms with Crippen molar-refractivity contribution in [1.29, 1.82) is 0 Å². The third-order valence-corrected chi connectivity index (χ3v) is 5.28. The zero-order valence-corrected chi connectivity index (χ0v) is 17.4. The van der Waals surface area contributed by atoms with Crippen LogP contribution in [0, 0.1) is 20.8 Å². The van der Waals surface area contributed by atoms with E-state index in [1.807, 2.05) is 24.6 Å². The zero-order valence-electron chi connectivity index (χ0n) is 17.4. The van der Waals surface area contributed by atoms with Crippen LogP contribution in [0.1, 0.15) is 23.7 Å². The van der Waals surface area contributed by atoms with Crippen molar-refractivity contribution in [3.05, 3.63) is 62.1 Å². The van der Waals surface area contributed by atoms with Crippen LogP contribution in [-0.2, 0) is 18.3 Å². The highest BCUT2D eigenvalue weighted by Gasteiger charge is 2.21. The second-order valence-electron chi connectivity index (χ2n) is 7.35. The zero-order chi connectivity index (χ0) is 20.9. The molecule has 4 rings (SSSR count). The van der Waals surface area contributed by atoms with E-state index in [1.165, 1.54) is 14.7 Å². The molecule has 1 aromatic carbocycles. The molecular formula is C21H25N5O3. The summed E-state index contributed by atoms with van der Waals surface area (Å²) in [4.78, 5) is 30.6. The number of aryl methyl sites for hydroxylation is 4. The van der Waals surface area contributed by atoms with Crippen LogP contribution >= 0.6 is 0 Å². The van der Waals surface area contributed by atoms with Crippen molar-refractivity contribution in [1.82, 2.24) is 23.1 Å². The third kappa shape index (κ3) is 2.91. The summed E-state index contributed by atoms with van der Waals surface area (Å²) in [7, 11) is 1.64. The summed E-state index contributed by atoms with van der Waals surface area (Å²) in [5, 5.41) is 0. The Kier molecular flexibility index (Phi) is 4.66. The number of hydrogen-bond donors (Lipinski definition) is 0. The van der Waals surface area contributed by atoms with Gasteiger partial charge in [0.2, 0.25) is 5.78 Å². The summed E-state index contributed by atoms with van der Waals surface area (Å²) in [6, 6.07) is 6.22. The minimum atomic E-state index is -0.391. The highest BCUT2D eigenvalue weighted by molar-refractivity contribution is 5.76. The van der Waals surface area contributed by atoms with Gasteiger partial charge in [-0.05, 0) is 39.3 Å². The van der Waals surface area contributed by atoms with Gasteiger partial charge in [-0.3, -0.25) is 22.9 Å². The monoisotopic (exact) mass is 395 g/mol. The molecule has 0 saturated carbocycles. The topological polar surface area (TPSA) is 75.5 Å². The second-order valence-corrected chi connectivity index (χ2v) is 7.35. The molecule has 8 nitrogen and oxygen atoms in total. The van der Waals surface area contributed by atoms with Crippen molar-refractivity contribution in [2.24, 2.45) is 7.05 Å². The first-order valence-corrected chi connectivity index (χ1v) is 9.70. The van der Waals surface area contributed by atoms with Crippen molar-refractivity contribution < 1.29 is 4.74 Å². The molecule has 0 spiro atoms. The lowest BCUT2D eigenvalue weighted by Gasteiger charge is -2.10. The van der Waals surface area contributed by atoms with Crippen LogP contribution < -0.4 is 11.2 Å². The van der Waals surface area contributed by atoms with Crippen LogP contribution in [0.4, 0.5) is 0 Å². The number of benzene rings is 1. The number of ether oxygens (including phenoxy) is 1. The van der Waals surface area contributed by atoms with Crippen molar-refractivity contribution in [2.45, 2.75) is 34.2 Å². The molecular weight excluding hydrogens is 370 g/mol. The normalized spacial score (nSPS) is 11.8. The Labute approximate surface area is 167 Å². The molecule has 152 valence electrons. The van der Waals surface area contributed by atoms with E-state index in [2.05, 4.69) is 37.0 Å². The second kappa shape index (κ2) is 7.04. The quantitative estimate of drug-likeness (QED) is 0.485.